The van der Waals surface area contributed by atoms with Crippen LogP contribution in [0.2, 0.25) is 0 Å². The molecule has 344 valence electrons. The van der Waals surface area contributed by atoms with Crippen LogP contribution in [-0.4, -0.2) is 96.0 Å². The minimum atomic E-state index is -4.85. The van der Waals surface area contributed by atoms with Gasteiger partial charge >= 0.3 is 11.9 Å². The summed E-state index contributed by atoms with van der Waals surface area (Å²) < 4.78 is 55.8. The third-order valence-corrected chi connectivity index (χ3v) is 11.9. The third kappa shape index (κ3) is 30.6. The summed E-state index contributed by atoms with van der Waals surface area (Å²) >= 11 is 0. The van der Waals surface area contributed by atoms with E-state index >= 15 is 0 Å². The van der Waals surface area contributed by atoms with Crippen molar-refractivity contribution in [3.63, 3.8) is 0 Å². The van der Waals surface area contributed by atoms with E-state index in [4.69, 9.17) is 18.9 Å². The summed E-state index contributed by atoms with van der Waals surface area (Å²) in [6, 6.07) is 0. The van der Waals surface area contributed by atoms with Gasteiger partial charge in [0.1, 0.15) is 31.0 Å². The highest BCUT2D eigenvalue weighted by atomic mass is 32.2. The minimum Gasteiger partial charge on any atom is -0.748 e. The van der Waals surface area contributed by atoms with Crippen molar-refractivity contribution in [1.29, 1.82) is 0 Å². The first-order chi connectivity index (χ1) is 28.0. The fourth-order valence-corrected chi connectivity index (χ4v) is 8.17. The molecule has 0 aromatic rings. The van der Waals surface area contributed by atoms with Crippen LogP contribution in [0.5, 0.6) is 0 Å². The Hall–Kier alpha value is -1.35. The molecule has 12 nitrogen and oxygen atoms in total. The topological polar surface area (TPSA) is 189 Å². The van der Waals surface area contributed by atoms with Crippen LogP contribution in [0.15, 0.2) is 0 Å². The fourth-order valence-electron chi connectivity index (χ4n) is 7.50. The summed E-state index contributed by atoms with van der Waals surface area (Å²) in [5, 5.41) is 30.8. The molecule has 1 rings (SSSR count). The van der Waals surface area contributed by atoms with Crippen LogP contribution < -0.4 is 0 Å². The van der Waals surface area contributed by atoms with E-state index in [1.165, 1.54) is 141 Å². The van der Waals surface area contributed by atoms with Crippen molar-refractivity contribution in [1.82, 2.24) is 0 Å². The SMILES string of the molecule is CCCCCCCCCCCCCCCCCCCC(=O)OCC(CO[C@H]1O[C@H](CS(=O)(=O)[O-])[C@@H](O)[C@H](O)[C@H]1O)OC(=O)CCCCCCCCCCCCCCC. The average molecular weight is 850 g/mol. The van der Waals surface area contributed by atoms with Gasteiger partial charge in [-0.3, -0.25) is 9.59 Å². The molecule has 58 heavy (non-hydrogen) atoms. The van der Waals surface area contributed by atoms with Gasteiger partial charge in [-0.05, 0) is 12.8 Å². The van der Waals surface area contributed by atoms with Gasteiger partial charge in [-0.1, -0.05) is 194 Å². The molecule has 1 fully saturated rings. The molecule has 0 aliphatic carbocycles. The van der Waals surface area contributed by atoms with Gasteiger partial charge < -0.3 is 38.8 Å². The molecule has 1 aliphatic rings. The fraction of sp³-hybridized carbons (Fsp3) is 0.956. The number of rotatable bonds is 40. The highest BCUT2D eigenvalue weighted by Gasteiger charge is 2.45. The molecule has 1 saturated heterocycles. The number of carbonyl (C=O) groups excluding carboxylic acids is 2. The van der Waals surface area contributed by atoms with Crippen molar-refractivity contribution in [3.05, 3.63) is 0 Å². The second-order valence-corrected chi connectivity index (χ2v) is 18.2. The molecule has 0 saturated carbocycles. The lowest BCUT2D eigenvalue weighted by Gasteiger charge is -2.40. The highest BCUT2D eigenvalue weighted by Crippen LogP contribution is 2.24. The summed E-state index contributed by atoms with van der Waals surface area (Å²) in [7, 11) is -4.85. The van der Waals surface area contributed by atoms with Crippen LogP contribution in [0.1, 0.15) is 219 Å². The molecule has 0 bridgehead atoms. The molecule has 0 aromatic carbocycles. The van der Waals surface area contributed by atoms with Crippen molar-refractivity contribution in [3.8, 4) is 0 Å². The predicted octanol–water partition coefficient (Wildman–Crippen LogP) is 9.33. The summed E-state index contributed by atoms with van der Waals surface area (Å²) in [5.41, 5.74) is 0. The summed E-state index contributed by atoms with van der Waals surface area (Å²) in [4.78, 5) is 25.4. The Morgan fingerprint density at radius 2 is 0.897 bits per heavy atom. The lowest BCUT2D eigenvalue weighted by molar-refractivity contribution is -0.297. The first-order valence-corrected chi connectivity index (χ1v) is 25.2. The molecule has 6 atom stereocenters. The largest absolute Gasteiger partial charge is 0.748 e. The van der Waals surface area contributed by atoms with Crippen LogP contribution in [-0.2, 0) is 38.7 Å². The molecular weight excluding hydrogens is 765 g/mol. The molecule has 0 amide bonds. The van der Waals surface area contributed by atoms with Crippen LogP contribution in [0.3, 0.4) is 0 Å². The summed E-state index contributed by atoms with van der Waals surface area (Å²) in [5.74, 6) is -2.09. The number of esters is 2. The molecule has 1 unspecified atom stereocenters. The van der Waals surface area contributed by atoms with Gasteiger partial charge in [-0.15, -0.1) is 0 Å². The normalized spacial score (nSPS) is 20.3. The van der Waals surface area contributed by atoms with Crippen LogP contribution in [0.25, 0.3) is 0 Å². The maximum atomic E-state index is 12.8. The lowest BCUT2D eigenvalue weighted by Crippen LogP contribution is -2.60. The molecule has 1 aliphatic heterocycles. The molecular formula is C45H85O12S-. The second kappa shape index (κ2) is 36.3. The molecule has 0 aromatic heterocycles. The first-order valence-electron chi connectivity index (χ1n) is 23.6. The molecule has 13 heteroatoms. The molecule has 0 spiro atoms. The van der Waals surface area contributed by atoms with Crippen LogP contribution in [0, 0.1) is 0 Å². The quantitative estimate of drug-likeness (QED) is 0.0302. The van der Waals surface area contributed by atoms with E-state index in [1.807, 2.05) is 0 Å². The number of ether oxygens (including phenoxy) is 4. The van der Waals surface area contributed by atoms with Gasteiger partial charge in [0.05, 0.1) is 22.5 Å². The van der Waals surface area contributed by atoms with Gasteiger partial charge in [0.15, 0.2) is 12.4 Å². The van der Waals surface area contributed by atoms with E-state index in [-0.39, 0.29) is 19.4 Å². The maximum absolute atomic E-state index is 12.8. The van der Waals surface area contributed by atoms with Crippen molar-refractivity contribution >= 4 is 22.1 Å². The van der Waals surface area contributed by atoms with Gasteiger partial charge in [-0.2, -0.15) is 0 Å². The van der Waals surface area contributed by atoms with Crippen molar-refractivity contribution < 1.29 is 56.8 Å². The van der Waals surface area contributed by atoms with Crippen LogP contribution in [0.4, 0.5) is 0 Å². The van der Waals surface area contributed by atoms with E-state index in [9.17, 15) is 37.9 Å². The number of aliphatic hydroxyl groups is 3. The second-order valence-electron chi connectivity index (χ2n) is 16.8. The number of hydrogen-bond donors (Lipinski definition) is 3. The Labute approximate surface area is 353 Å². The van der Waals surface area contributed by atoms with E-state index in [2.05, 4.69) is 13.8 Å². The zero-order valence-electron chi connectivity index (χ0n) is 36.6. The van der Waals surface area contributed by atoms with Gasteiger partial charge in [0, 0.05) is 12.8 Å². The third-order valence-electron chi connectivity index (χ3n) is 11.2. The zero-order valence-corrected chi connectivity index (χ0v) is 37.5. The van der Waals surface area contributed by atoms with E-state index in [0.717, 1.165) is 38.5 Å². The zero-order chi connectivity index (χ0) is 42.7. The first kappa shape index (κ1) is 54.7. The average Bonchev–Trinajstić information content (AvgIpc) is 3.18. The number of aliphatic hydroxyl groups excluding tert-OH is 3. The smallest absolute Gasteiger partial charge is 0.306 e. The number of hydrogen-bond acceptors (Lipinski definition) is 12. The molecule has 0 radical (unpaired) electrons. The van der Waals surface area contributed by atoms with Crippen molar-refractivity contribution in [2.75, 3.05) is 19.0 Å². The van der Waals surface area contributed by atoms with Crippen molar-refractivity contribution in [2.45, 2.75) is 256 Å². The molecule has 1 heterocycles. The molecule has 3 N–H and O–H groups in total. The van der Waals surface area contributed by atoms with E-state index < -0.39 is 71.2 Å². The maximum Gasteiger partial charge on any atom is 0.306 e. The Morgan fingerprint density at radius 3 is 1.28 bits per heavy atom. The predicted molar refractivity (Wildman–Crippen MR) is 227 cm³/mol. The Kier molecular flexibility index (Phi) is 34.2. The number of carbonyl (C=O) groups is 2. The Morgan fingerprint density at radius 1 is 0.534 bits per heavy atom. The van der Waals surface area contributed by atoms with E-state index in [1.54, 1.807) is 0 Å². The highest BCUT2D eigenvalue weighted by molar-refractivity contribution is 7.85. The summed E-state index contributed by atoms with van der Waals surface area (Å²) in [6.45, 7) is 3.76. The monoisotopic (exact) mass is 850 g/mol. The van der Waals surface area contributed by atoms with Gasteiger partial charge in [-0.25, -0.2) is 8.42 Å². The Bertz CT molecular complexity index is 1090. The van der Waals surface area contributed by atoms with Gasteiger partial charge in [0.2, 0.25) is 0 Å². The Balaban J connectivity index is 2.40. The standard InChI is InChI=1S/C45H86O12S/c1-3-5-7-9-11-13-15-17-18-19-20-22-23-25-27-29-31-33-40(46)54-35-38(36-55-45-44(50)43(49)42(48)39(57-45)37-58(51,52)53)56-41(47)34-32-30-28-26-24-21-16-14-12-10-8-6-4-2/h38-39,42-45,48-50H,3-37H2,1-2H3,(H,51,52,53)/p-1/t38?,39-,42-,43+,44-,45+/m1/s1. The minimum absolute atomic E-state index is 0.165. The van der Waals surface area contributed by atoms with Gasteiger partial charge in [0.25, 0.3) is 0 Å². The van der Waals surface area contributed by atoms with Crippen LogP contribution >= 0.6 is 0 Å². The number of unbranched alkanes of at least 4 members (excludes halogenated alkanes) is 28. The van der Waals surface area contributed by atoms with E-state index in [0.29, 0.717) is 12.8 Å². The summed E-state index contributed by atoms with van der Waals surface area (Å²) in [6.07, 6.45) is 26.9. The van der Waals surface area contributed by atoms with Crippen molar-refractivity contribution in [2.24, 2.45) is 0 Å². The lowest BCUT2D eigenvalue weighted by atomic mass is 10.00.